The molecule has 2 aromatic carbocycles. The summed E-state index contributed by atoms with van der Waals surface area (Å²) in [6, 6.07) is 18.7. The van der Waals surface area contributed by atoms with Crippen molar-refractivity contribution in [1.82, 2.24) is 20.0 Å². The number of hydrogen-bond donors (Lipinski definition) is 1. The predicted molar refractivity (Wildman–Crippen MR) is 112 cm³/mol. The van der Waals surface area contributed by atoms with Crippen LogP contribution in [0.1, 0.15) is 35.3 Å². The van der Waals surface area contributed by atoms with E-state index in [0.717, 1.165) is 56.2 Å². The molecule has 1 unspecified atom stereocenters. The number of rotatable bonds is 6. The van der Waals surface area contributed by atoms with Crippen molar-refractivity contribution in [1.29, 1.82) is 0 Å². The smallest absolute Gasteiger partial charge is 0.275 e. The highest BCUT2D eigenvalue weighted by atomic mass is 16.2. The maximum atomic E-state index is 13.0. The van der Waals surface area contributed by atoms with E-state index in [1.165, 1.54) is 5.56 Å². The highest BCUT2D eigenvalue weighted by molar-refractivity contribution is 6.04. The van der Waals surface area contributed by atoms with Gasteiger partial charge >= 0.3 is 0 Å². The quantitative estimate of drug-likeness (QED) is 0.713. The molecule has 0 radical (unpaired) electrons. The van der Waals surface area contributed by atoms with Gasteiger partial charge in [-0.25, -0.2) is 0 Å². The van der Waals surface area contributed by atoms with Crippen LogP contribution in [0.25, 0.3) is 10.9 Å². The standard InChI is InChI=1S/C23H28N4O/c1-26(23(28)22-20-13-5-6-14-21(20)24-25-22)19-12-8-16-27(17-19)15-7-11-18-9-3-2-4-10-18/h2-6,9-10,13-14,19H,7-8,11-12,15-17H2,1H3,(H,24,25). The molecule has 146 valence electrons. The Morgan fingerprint density at radius 2 is 1.96 bits per heavy atom. The summed E-state index contributed by atoms with van der Waals surface area (Å²) >= 11 is 0. The molecule has 1 fully saturated rings. The summed E-state index contributed by atoms with van der Waals surface area (Å²) in [7, 11) is 1.92. The molecular weight excluding hydrogens is 348 g/mol. The van der Waals surface area contributed by atoms with E-state index in [-0.39, 0.29) is 11.9 Å². The van der Waals surface area contributed by atoms with Crippen molar-refractivity contribution in [2.75, 3.05) is 26.7 Å². The fraction of sp³-hybridized carbons (Fsp3) is 0.391. The zero-order chi connectivity index (χ0) is 19.3. The second kappa shape index (κ2) is 8.57. The zero-order valence-electron chi connectivity index (χ0n) is 16.5. The van der Waals surface area contributed by atoms with Gasteiger partial charge in [0.2, 0.25) is 0 Å². The van der Waals surface area contributed by atoms with E-state index in [1.807, 2.05) is 36.2 Å². The van der Waals surface area contributed by atoms with Gasteiger partial charge in [0.25, 0.3) is 5.91 Å². The number of likely N-dealkylation sites (tertiary alicyclic amines) is 1. The van der Waals surface area contributed by atoms with Crippen LogP contribution in [0.4, 0.5) is 0 Å². The van der Waals surface area contributed by atoms with Gasteiger partial charge in [0.15, 0.2) is 5.69 Å². The minimum atomic E-state index is 0.00795. The van der Waals surface area contributed by atoms with Crippen LogP contribution in [0, 0.1) is 0 Å². The molecule has 4 rings (SSSR count). The first-order chi connectivity index (χ1) is 13.7. The van der Waals surface area contributed by atoms with Crippen molar-refractivity contribution < 1.29 is 4.79 Å². The lowest BCUT2D eigenvalue weighted by Crippen LogP contribution is -2.48. The lowest BCUT2D eigenvalue weighted by atomic mass is 10.0. The third-order valence-corrected chi connectivity index (χ3v) is 5.80. The lowest BCUT2D eigenvalue weighted by Gasteiger charge is -2.37. The highest BCUT2D eigenvalue weighted by Gasteiger charge is 2.28. The lowest BCUT2D eigenvalue weighted by molar-refractivity contribution is 0.0613. The Morgan fingerprint density at radius 3 is 2.82 bits per heavy atom. The van der Waals surface area contributed by atoms with E-state index in [4.69, 9.17) is 0 Å². The topological polar surface area (TPSA) is 52.2 Å². The molecule has 5 nitrogen and oxygen atoms in total. The summed E-state index contributed by atoms with van der Waals surface area (Å²) in [5, 5.41) is 8.15. The van der Waals surface area contributed by atoms with Gasteiger partial charge in [0, 0.05) is 25.0 Å². The number of aromatic amines is 1. The monoisotopic (exact) mass is 376 g/mol. The fourth-order valence-electron chi connectivity index (χ4n) is 4.16. The number of benzene rings is 2. The van der Waals surface area contributed by atoms with Crippen molar-refractivity contribution >= 4 is 16.8 Å². The maximum Gasteiger partial charge on any atom is 0.275 e. The number of piperidine rings is 1. The Morgan fingerprint density at radius 1 is 1.18 bits per heavy atom. The first-order valence-corrected chi connectivity index (χ1v) is 10.2. The van der Waals surface area contributed by atoms with Gasteiger partial charge in [-0.15, -0.1) is 0 Å². The van der Waals surface area contributed by atoms with Gasteiger partial charge in [0.05, 0.1) is 5.52 Å². The van der Waals surface area contributed by atoms with E-state index in [2.05, 4.69) is 45.4 Å². The average Bonchev–Trinajstić information content (AvgIpc) is 3.18. The van der Waals surface area contributed by atoms with E-state index in [0.29, 0.717) is 5.69 Å². The molecule has 2 heterocycles. The normalized spacial score (nSPS) is 17.7. The van der Waals surface area contributed by atoms with Gasteiger partial charge < -0.3 is 9.80 Å². The Labute approximate surface area is 166 Å². The predicted octanol–water partition coefficient (Wildman–Crippen LogP) is 3.73. The third kappa shape index (κ3) is 4.09. The van der Waals surface area contributed by atoms with Crippen LogP contribution >= 0.6 is 0 Å². The van der Waals surface area contributed by atoms with Gasteiger partial charge in [-0.05, 0) is 50.4 Å². The van der Waals surface area contributed by atoms with Crippen molar-refractivity contribution in [3.8, 4) is 0 Å². The molecule has 1 aromatic heterocycles. The van der Waals surface area contributed by atoms with Gasteiger partial charge in [0.1, 0.15) is 0 Å². The molecule has 0 bridgehead atoms. The minimum Gasteiger partial charge on any atom is -0.336 e. The number of nitrogens with zero attached hydrogens (tertiary/aromatic N) is 3. The summed E-state index contributed by atoms with van der Waals surface area (Å²) in [6.07, 6.45) is 4.45. The number of H-pyrrole nitrogens is 1. The summed E-state index contributed by atoms with van der Waals surface area (Å²) < 4.78 is 0. The molecule has 1 amide bonds. The minimum absolute atomic E-state index is 0.00795. The van der Waals surface area contributed by atoms with Crippen LogP contribution in [0.3, 0.4) is 0 Å². The highest BCUT2D eigenvalue weighted by Crippen LogP contribution is 2.21. The van der Waals surface area contributed by atoms with Crippen LogP contribution in [0.5, 0.6) is 0 Å². The van der Waals surface area contributed by atoms with E-state index >= 15 is 0 Å². The second-order valence-corrected chi connectivity index (χ2v) is 7.72. The van der Waals surface area contributed by atoms with E-state index < -0.39 is 0 Å². The first-order valence-electron chi connectivity index (χ1n) is 10.2. The average molecular weight is 377 g/mol. The number of likely N-dealkylation sites (N-methyl/N-ethyl adjacent to an activating group) is 1. The Balaban J connectivity index is 1.35. The van der Waals surface area contributed by atoms with Crippen molar-refractivity contribution in [3.63, 3.8) is 0 Å². The summed E-state index contributed by atoms with van der Waals surface area (Å²) in [5.41, 5.74) is 2.83. The number of amides is 1. The molecule has 0 spiro atoms. The second-order valence-electron chi connectivity index (χ2n) is 7.72. The number of fused-ring (bicyclic) bond motifs is 1. The molecule has 1 saturated heterocycles. The Hall–Kier alpha value is -2.66. The largest absolute Gasteiger partial charge is 0.336 e. The number of nitrogens with one attached hydrogen (secondary N) is 1. The molecular formula is C23H28N4O. The SMILES string of the molecule is CN(C(=O)c1n[nH]c2ccccc12)C1CCCN(CCCc2ccccc2)C1. The van der Waals surface area contributed by atoms with Crippen LogP contribution in [-0.4, -0.2) is 58.6 Å². The Bertz CT molecular complexity index is 921. The summed E-state index contributed by atoms with van der Waals surface area (Å²) in [6.45, 7) is 3.15. The summed E-state index contributed by atoms with van der Waals surface area (Å²) in [5.74, 6) is 0.00795. The molecule has 1 atom stereocenters. The number of carbonyl (C=O) groups is 1. The first kappa shape index (κ1) is 18.7. The number of aromatic nitrogens is 2. The van der Waals surface area contributed by atoms with Crippen molar-refractivity contribution in [3.05, 3.63) is 65.9 Å². The fourth-order valence-corrected chi connectivity index (χ4v) is 4.16. The van der Waals surface area contributed by atoms with E-state index in [9.17, 15) is 4.79 Å². The third-order valence-electron chi connectivity index (χ3n) is 5.80. The maximum absolute atomic E-state index is 13.0. The number of para-hydroxylation sites is 1. The van der Waals surface area contributed by atoms with Crippen molar-refractivity contribution in [2.45, 2.75) is 31.7 Å². The summed E-state index contributed by atoms with van der Waals surface area (Å²) in [4.78, 5) is 17.4. The van der Waals surface area contributed by atoms with Crippen LogP contribution < -0.4 is 0 Å². The van der Waals surface area contributed by atoms with Crippen LogP contribution in [0.2, 0.25) is 0 Å². The molecule has 5 heteroatoms. The molecule has 1 aliphatic rings. The molecule has 0 saturated carbocycles. The van der Waals surface area contributed by atoms with Crippen molar-refractivity contribution in [2.24, 2.45) is 0 Å². The van der Waals surface area contributed by atoms with E-state index in [1.54, 1.807) is 0 Å². The van der Waals surface area contributed by atoms with Crippen LogP contribution in [-0.2, 0) is 6.42 Å². The Kier molecular flexibility index (Phi) is 5.72. The molecule has 28 heavy (non-hydrogen) atoms. The van der Waals surface area contributed by atoms with Gasteiger partial charge in [-0.3, -0.25) is 9.89 Å². The number of aryl methyl sites for hydroxylation is 1. The van der Waals surface area contributed by atoms with Gasteiger partial charge in [-0.2, -0.15) is 5.10 Å². The zero-order valence-corrected chi connectivity index (χ0v) is 16.5. The number of carbonyl (C=O) groups excluding carboxylic acids is 1. The van der Waals surface area contributed by atoms with Crippen LogP contribution in [0.15, 0.2) is 54.6 Å². The molecule has 1 aliphatic heterocycles. The number of hydrogen-bond acceptors (Lipinski definition) is 3. The molecule has 3 aromatic rings. The van der Waals surface area contributed by atoms with Gasteiger partial charge in [-0.1, -0.05) is 48.5 Å². The molecule has 1 N–H and O–H groups in total. The molecule has 0 aliphatic carbocycles.